The van der Waals surface area contributed by atoms with Gasteiger partial charge in [-0.1, -0.05) is 54.1 Å². The summed E-state index contributed by atoms with van der Waals surface area (Å²) in [6.45, 7) is 2.69. The minimum atomic E-state index is -0.361. The molecule has 3 aromatic carbocycles. The van der Waals surface area contributed by atoms with Crippen LogP contribution < -0.4 is 4.90 Å². The fourth-order valence-corrected chi connectivity index (χ4v) is 4.79. The van der Waals surface area contributed by atoms with Gasteiger partial charge < -0.3 is 4.90 Å². The van der Waals surface area contributed by atoms with Gasteiger partial charge in [0.05, 0.1) is 24.0 Å². The molecule has 180 valence electrons. The number of para-hydroxylation sites is 1. The number of rotatable bonds is 5. The maximum atomic E-state index is 14.5. The van der Waals surface area contributed by atoms with Gasteiger partial charge in [0.15, 0.2) is 0 Å². The molecule has 0 radical (unpaired) electrons. The first-order chi connectivity index (χ1) is 17.0. The van der Waals surface area contributed by atoms with Gasteiger partial charge in [0.2, 0.25) is 0 Å². The molecular formula is C27H25ClF2N4O. The van der Waals surface area contributed by atoms with E-state index in [1.54, 1.807) is 42.5 Å². The quantitative estimate of drug-likeness (QED) is 0.494. The summed E-state index contributed by atoms with van der Waals surface area (Å²) in [6.07, 6.45) is 0.412. The Labute approximate surface area is 208 Å². The van der Waals surface area contributed by atoms with Gasteiger partial charge in [-0.3, -0.25) is 9.69 Å². The molecule has 0 unspecified atom stereocenters. The van der Waals surface area contributed by atoms with Gasteiger partial charge in [-0.05, 0) is 35.9 Å². The zero-order chi connectivity index (χ0) is 24.4. The SMILES string of the molecule is O=C(CN1CCN(c2ccccc2F)CC1)N1N=C(c2ccccc2F)C[C@H]1c1ccc(Cl)cc1. The number of piperazine rings is 1. The van der Waals surface area contributed by atoms with Crippen molar-refractivity contribution in [1.82, 2.24) is 9.91 Å². The second-order valence-corrected chi connectivity index (χ2v) is 9.19. The summed E-state index contributed by atoms with van der Waals surface area (Å²) >= 11 is 6.06. The largest absolute Gasteiger partial charge is 0.367 e. The lowest BCUT2D eigenvalue weighted by atomic mass is 9.98. The Kier molecular flexibility index (Phi) is 6.79. The number of benzene rings is 3. The van der Waals surface area contributed by atoms with Crippen molar-refractivity contribution in [2.45, 2.75) is 12.5 Å². The Balaban J connectivity index is 1.32. The lowest BCUT2D eigenvalue weighted by molar-refractivity contribution is -0.134. The second kappa shape index (κ2) is 10.1. The van der Waals surface area contributed by atoms with Crippen molar-refractivity contribution in [3.05, 3.63) is 101 Å². The topological polar surface area (TPSA) is 39.2 Å². The van der Waals surface area contributed by atoms with Crippen LogP contribution in [0.2, 0.25) is 5.02 Å². The van der Waals surface area contributed by atoms with E-state index in [0.717, 1.165) is 5.56 Å². The van der Waals surface area contributed by atoms with E-state index in [2.05, 4.69) is 10.0 Å². The van der Waals surface area contributed by atoms with Crippen molar-refractivity contribution < 1.29 is 13.6 Å². The van der Waals surface area contributed by atoms with Gasteiger partial charge in [-0.25, -0.2) is 13.8 Å². The third-order valence-corrected chi connectivity index (χ3v) is 6.78. The highest BCUT2D eigenvalue weighted by atomic mass is 35.5. The fourth-order valence-electron chi connectivity index (χ4n) is 4.66. The summed E-state index contributed by atoms with van der Waals surface area (Å²) in [7, 11) is 0. The molecule has 5 nitrogen and oxygen atoms in total. The van der Waals surface area contributed by atoms with E-state index in [-0.39, 0.29) is 30.1 Å². The summed E-state index contributed by atoms with van der Waals surface area (Å²) < 4.78 is 28.6. The van der Waals surface area contributed by atoms with E-state index in [1.807, 2.05) is 23.1 Å². The first kappa shape index (κ1) is 23.5. The molecule has 1 atom stereocenters. The van der Waals surface area contributed by atoms with Crippen molar-refractivity contribution in [2.24, 2.45) is 5.10 Å². The van der Waals surface area contributed by atoms with E-state index in [4.69, 9.17) is 11.6 Å². The molecule has 0 N–H and O–H groups in total. The summed E-state index contributed by atoms with van der Waals surface area (Å²) in [6, 6.07) is 20.2. The molecule has 0 aliphatic carbocycles. The zero-order valence-electron chi connectivity index (χ0n) is 19.1. The Morgan fingerprint density at radius 3 is 2.23 bits per heavy atom. The summed E-state index contributed by atoms with van der Waals surface area (Å²) in [5, 5.41) is 6.66. The third kappa shape index (κ3) is 5.06. The van der Waals surface area contributed by atoms with Crippen molar-refractivity contribution in [1.29, 1.82) is 0 Å². The van der Waals surface area contributed by atoms with Crippen LogP contribution in [0.1, 0.15) is 23.6 Å². The minimum absolute atomic E-state index is 0.157. The smallest absolute Gasteiger partial charge is 0.257 e. The normalized spacial score (nSPS) is 18.6. The summed E-state index contributed by atoms with van der Waals surface area (Å²) in [4.78, 5) is 17.5. The van der Waals surface area contributed by atoms with Crippen molar-refractivity contribution in [3.63, 3.8) is 0 Å². The van der Waals surface area contributed by atoms with Crippen LogP contribution in [0.25, 0.3) is 0 Å². The number of carbonyl (C=O) groups excluding carboxylic acids is 1. The Morgan fingerprint density at radius 2 is 1.54 bits per heavy atom. The highest BCUT2D eigenvalue weighted by Crippen LogP contribution is 2.34. The molecule has 0 saturated carbocycles. The Bertz CT molecular complexity index is 1240. The number of anilines is 1. The van der Waals surface area contributed by atoms with E-state index in [9.17, 15) is 13.6 Å². The predicted octanol–water partition coefficient (Wildman–Crippen LogP) is 5.12. The average Bonchev–Trinajstić information content (AvgIpc) is 3.31. The lowest BCUT2D eigenvalue weighted by Crippen LogP contribution is -2.49. The molecule has 5 rings (SSSR count). The van der Waals surface area contributed by atoms with Gasteiger partial charge >= 0.3 is 0 Å². The highest BCUT2D eigenvalue weighted by molar-refractivity contribution is 6.30. The van der Waals surface area contributed by atoms with Gasteiger partial charge in [-0.2, -0.15) is 5.10 Å². The standard InChI is InChI=1S/C27H25ClF2N4O/c28-20-11-9-19(10-12-20)26-17-24(21-5-1-2-6-22(21)29)31-34(26)27(35)18-32-13-15-33(16-14-32)25-8-4-3-7-23(25)30/h1-12,26H,13-18H2/t26-/m0/s1. The maximum Gasteiger partial charge on any atom is 0.257 e. The molecule has 8 heteroatoms. The fraction of sp³-hybridized carbons (Fsp3) is 0.259. The second-order valence-electron chi connectivity index (χ2n) is 8.75. The van der Waals surface area contributed by atoms with Crippen LogP contribution in [0.5, 0.6) is 0 Å². The highest BCUT2D eigenvalue weighted by Gasteiger charge is 2.35. The molecule has 2 aliphatic rings. The van der Waals surface area contributed by atoms with Crippen molar-refractivity contribution in [3.8, 4) is 0 Å². The number of hydrazone groups is 1. The van der Waals surface area contributed by atoms with E-state index >= 15 is 0 Å². The minimum Gasteiger partial charge on any atom is -0.367 e. The molecule has 0 bridgehead atoms. The van der Waals surface area contributed by atoms with Gasteiger partial charge in [0.1, 0.15) is 11.6 Å². The summed E-state index contributed by atoms with van der Waals surface area (Å²) in [5.41, 5.74) is 2.42. The molecular weight excluding hydrogens is 470 g/mol. The molecule has 2 aliphatic heterocycles. The number of amides is 1. The molecule has 0 aromatic heterocycles. The third-order valence-electron chi connectivity index (χ3n) is 6.53. The van der Waals surface area contributed by atoms with Crippen LogP contribution in [0.3, 0.4) is 0 Å². The molecule has 35 heavy (non-hydrogen) atoms. The van der Waals surface area contributed by atoms with Crippen LogP contribution in [0, 0.1) is 11.6 Å². The first-order valence-corrected chi connectivity index (χ1v) is 12.0. The molecule has 1 saturated heterocycles. The first-order valence-electron chi connectivity index (χ1n) is 11.6. The van der Waals surface area contributed by atoms with Gasteiger partial charge in [0.25, 0.3) is 5.91 Å². The number of halogens is 3. The predicted molar refractivity (Wildman–Crippen MR) is 134 cm³/mol. The number of hydrogen-bond donors (Lipinski definition) is 0. The lowest BCUT2D eigenvalue weighted by Gasteiger charge is -2.36. The molecule has 1 amide bonds. The van der Waals surface area contributed by atoms with Crippen LogP contribution in [0.4, 0.5) is 14.5 Å². The zero-order valence-corrected chi connectivity index (χ0v) is 19.8. The van der Waals surface area contributed by atoms with Crippen LogP contribution in [0.15, 0.2) is 77.9 Å². The Hall–Kier alpha value is -3.29. The molecule has 1 fully saturated rings. The van der Waals surface area contributed by atoms with Gasteiger partial charge in [-0.15, -0.1) is 0 Å². The van der Waals surface area contributed by atoms with Crippen LogP contribution >= 0.6 is 11.6 Å². The van der Waals surface area contributed by atoms with Gasteiger partial charge in [0, 0.05) is 43.2 Å². The monoisotopic (exact) mass is 494 g/mol. The number of carbonyl (C=O) groups is 1. The number of nitrogens with zero attached hydrogens (tertiary/aromatic N) is 4. The van der Waals surface area contributed by atoms with Crippen LogP contribution in [-0.2, 0) is 4.79 Å². The molecule has 2 heterocycles. The van der Waals surface area contributed by atoms with Crippen LogP contribution in [-0.4, -0.2) is 54.3 Å². The Morgan fingerprint density at radius 1 is 0.886 bits per heavy atom. The van der Waals surface area contributed by atoms with E-state index in [1.165, 1.54) is 17.1 Å². The maximum absolute atomic E-state index is 14.5. The van der Waals surface area contributed by atoms with Crippen molar-refractivity contribution in [2.75, 3.05) is 37.6 Å². The molecule has 3 aromatic rings. The molecule has 0 spiro atoms. The number of hydrogen-bond acceptors (Lipinski definition) is 4. The summed E-state index contributed by atoms with van der Waals surface area (Å²) in [5.74, 6) is -0.759. The van der Waals surface area contributed by atoms with E-state index < -0.39 is 0 Å². The van der Waals surface area contributed by atoms with E-state index in [0.29, 0.717) is 54.6 Å². The van der Waals surface area contributed by atoms with Crippen molar-refractivity contribution >= 4 is 28.9 Å². The average molecular weight is 495 g/mol.